The van der Waals surface area contributed by atoms with Crippen LogP contribution in [0.15, 0.2) is 83.3 Å². The molecule has 0 radical (unpaired) electrons. The zero-order valence-corrected chi connectivity index (χ0v) is 22.5. The Morgan fingerprint density at radius 2 is 1.63 bits per heavy atom. The van der Waals surface area contributed by atoms with Crippen molar-refractivity contribution in [3.8, 4) is 5.75 Å². The molecule has 0 aliphatic heterocycles. The van der Waals surface area contributed by atoms with Gasteiger partial charge in [0.2, 0.25) is 5.91 Å². The fourth-order valence-corrected chi connectivity index (χ4v) is 4.07. The van der Waals surface area contributed by atoms with Crippen LogP contribution in [0, 0.1) is 0 Å². The zero-order chi connectivity index (χ0) is 25.4. The summed E-state index contributed by atoms with van der Waals surface area (Å²) in [6, 6.07) is 23.5. The highest BCUT2D eigenvalue weighted by Gasteiger charge is 2.32. The largest absolute Gasteiger partial charge is 0.484 e. The molecule has 0 spiro atoms. The standard InChI is InChI=1S/C28H30BrClN2O3/c1-28(2,3)31-27(34)25(17-20-8-5-4-6-9-20)32(18-21-10-7-11-23(30)16-21)26(33)19-35-24-14-12-22(29)13-15-24/h4-16,25H,17-19H2,1-3H3,(H,31,34)/t25-/m1/s1. The smallest absolute Gasteiger partial charge is 0.261 e. The van der Waals surface area contributed by atoms with Crippen LogP contribution in [0.25, 0.3) is 0 Å². The molecule has 0 bridgehead atoms. The van der Waals surface area contributed by atoms with Gasteiger partial charge in [0.25, 0.3) is 5.91 Å². The second kappa shape index (κ2) is 12.2. The molecule has 0 aromatic heterocycles. The third-order valence-electron chi connectivity index (χ3n) is 5.19. The summed E-state index contributed by atoms with van der Waals surface area (Å²) >= 11 is 9.61. The summed E-state index contributed by atoms with van der Waals surface area (Å²) in [5.74, 6) is 0.0567. The lowest BCUT2D eigenvalue weighted by Gasteiger charge is -2.33. The molecule has 3 aromatic carbocycles. The van der Waals surface area contributed by atoms with Crippen molar-refractivity contribution in [1.82, 2.24) is 10.2 Å². The van der Waals surface area contributed by atoms with Crippen LogP contribution < -0.4 is 10.1 Å². The molecule has 0 heterocycles. The van der Waals surface area contributed by atoms with E-state index in [2.05, 4.69) is 21.2 Å². The normalized spacial score (nSPS) is 12.0. The highest BCUT2D eigenvalue weighted by Crippen LogP contribution is 2.20. The molecule has 1 atom stereocenters. The van der Waals surface area contributed by atoms with Gasteiger partial charge >= 0.3 is 0 Å². The van der Waals surface area contributed by atoms with Gasteiger partial charge in [0.05, 0.1) is 0 Å². The fourth-order valence-electron chi connectivity index (χ4n) is 3.60. The summed E-state index contributed by atoms with van der Waals surface area (Å²) in [7, 11) is 0. The number of hydrogen-bond donors (Lipinski definition) is 1. The van der Waals surface area contributed by atoms with E-state index >= 15 is 0 Å². The van der Waals surface area contributed by atoms with Crippen molar-refractivity contribution >= 4 is 39.3 Å². The van der Waals surface area contributed by atoms with Crippen LogP contribution in [-0.4, -0.2) is 34.9 Å². The number of hydrogen-bond acceptors (Lipinski definition) is 3. The molecule has 0 saturated carbocycles. The Hall–Kier alpha value is -2.83. The molecule has 184 valence electrons. The summed E-state index contributed by atoms with van der Waals surface area (Å²) in [6.07, 6.45) is 0.368. The van der Waals surface area contributed by atoms with Crippen molar-refractivity contribution < 1.29 is 14.3 Å². The Morgan fingerprint density at radius 1 is 0.971 bits per heavy atom. The number of ether oxygens (including phenoxy) is 1. The van der Waals surface area contributed by atoms with E-state index in [1.54, 1.807) is 29.2 Å². The van der Waals surface area contributed by atoms with Crippen LogP contribution in [0.5, 0.6) is 5.75 Å². The van der Waals surface area contributed by atoms with Gasteiger partial charge in [-0.15, -0.1) is 0 Å². The SMILES string of the molecule is CC(C)(C)NC(=O)[C@@H](Cc1ccccc1)N(Cc1cccc(Cl)c1)C(=O)COc1ccc(Br)cc1. The number of halogens is 2. The van der Waals surface area contributed by atoms with E-state index < -0.39 is 11.6 Å². The lowest BCUT2D eigenvalue weighted by molar-refractivity contribution is -0.143. The van der Waals surface area contributed by atoms with E-state index in [1.807, 2.05) is 75.4 Å². The molecule has 7 heteroatoms. The maximum Gasteiger partial charge on any atom is 0.261 e. The first-order valence-corrected chi connectivity index (χ1v) is 12.6. The van der Waals surface area contributed by atoms with Crippen molar-refractivity contribution in [1.29, 1.82) is 0 Å². The molecule has 0 aliphatic rings. The molecule has 0 aliphatic carbocycles. The number of rotatable bonds is 9. The Kier molecular flexibility index (Phi) is 9.35. The zero-order valence-electron chi connectivity index (χ0n) is 20.1. The molecule has 3 rings (SSSR count). The van der Waals surface area contributed by atoms with Gasteiger partial charge in [0.15, 0.2) is 6.61 Å². The molecule has 0 fully saturated rings. The summed E-state index contributed by atoms with van der Waals surface area (Å²) in [5, 5.41) is 3.62. The number of carbonyl (C=O) groups is 2. The topological polar surface area (TPSA) is 58.6 Å². The third kappa shape index (κ3) is 8.71. The first-order valence-electron chi connectivity index (χ1n) is 11.4. The highest BCUT2D eigenvalue weighted by molar-refractivity contribution is 9.10. The van der Waals surface area contributed by atoms with Gasteiger partial charge < -0.3 is 15.0 Å². The van der Waals surface area contributed by atoms with Crippen molar-refractivity contribution in [2.24, 2.45) is 0 Å². The molecule has 0 saturated heterocycles. The van der Waals surface area contributed by atoms with Crippen LogP contribution in [-0.2, 0) is 22.6 Å². The molecular formula is C28H30BrClN2O3. The third-order valence-corrected chi connectivity index (χ3v) is 5.95. The van der Waals surface area contributed by atoms with E-state index in [1.165, 1.54) is 0 Å². The van der Waals surface area contributed by atoms with E-state index in [4.69, 9.17) is 16.3 Å². The fraction of sp³-hybridized carbons (Fsp3) is 0.286. The monoisotopic (exact) mass is 556 g/mol. The number of carbonyl (C=O) groups excluding carboxylic acids is 2. The van der Waals surface area contributed by atoms with Crippen LogP contribution in [0.1, 0.15) is 31.9 Å². The van der Waals surface area contributed by atoms with E-state index in [9.17, 15) is 9.59 Å². The van der Waals surface area contributed by atoms with E-state index in [0.29, 0.717) is 17.2 Å². The van der Waals surface area contributed by atoms with E-state index in [0.717, 1.165) is 15.6 Å². The van der Waals surface area contributed by atoms with Gasteiger partial charge in [-0.25, -0.2) is 0 Å². The first kappa shape index (κ1) is 26.8. The minimum atomic E-state index is -0.739. The lowest BCUT2D eigenvalue weighted by atomic mass is 10.0. The minimum absolute atomic E-state index is 0.198. The molecule has 5 nitrogen and oxygen atoms in total. The van der Waals surface area contributed by atoms with Gasteiger partial charge in [-0.3, -0.25) is 9.59 Å². The summed E-state index contributed by atoms with van der Waals surface area (Å²) in [6.45, 7) is 5.78. The quantitative estimate of drug-likeness (QED) is 0.349. The van der Waals surface area contributed by atoms with Crippen molar-refractivity contribution in [2.75, 3.05) is 6.61 Å². The van der Waals surface area contributed by atoms with Crippen LogP contribution in [0.3, 0.4) is 0 Å². The van der Waals surface area contributed by atoms with Crippen LogP contribution >= 0.6 is 27.5 Å². The molecule has 2 amide bonds. The number of nitrogens with zero attached hydrogens (tertiary/aromatic N) is 1. The summed E-state index contributed by atoms with van der Waals surface area (Å²) < 4.78 is 6.69. The molecular weight excluding hydrogens is 528 g/mol. The predicted octanol–water partition coefficient (Wildman–Crippen LogP) is 6.04. The summed E-state index contributed by atoms with van der Waals surface area (Å²) in [4.78, 5) is 28.6. The van der Waals surface area contributed by atoms with Gasteiger partial charge in [0, 0.05) is 28.0 Å². The van der Waals surface area contributed by atoms with Gasteiger partial charge in [-0.05, 0) is 68.3 Å². The second-order valence-corrected chi connectivity index (χ2v) is 10.7. The number of nitrogens with one attached hydrogen (secondary N) is 1. The Bertz CT molecular complexity index is 1130. The maximum atomic E-state index is 13.6. The Labute approximate surface area is 220 Å². The van der Waals surface area contributed by atoms with Gasteiger partial charge in [-0.1, -0.05) is 70.0 Å². The predicted molar refractivity (Wildman–Crippen MR) is 143 cm³/mol. The van der Waals surface area contributed by atoms with E-state index in [-0.39, 0.29) is 25.0 Å². The minimum Gasteiger partial charge on any atom is -0.484 e. The second-order valence-electron chi connectivity index (χ2n) is 9.34. The Balaban J connectivity index is 1.92. The Morgan fingerprint density at radius 3 is 2.26 bits per heavy atom. The number of benzene rings is 3. The van der Waals surface area contributed by atoms with Gasteiger partial charge in [0.1, 0.15) is 11.8 Å². The molecule has 1 N–H and O–H groups in total. The maximum absolute atomic E-state index is 13.6. The molecule has 35 heavy (non-hydrogen) atoms. The molecule has 0 unspecified atom stereocenters. The highest BCUT2D eigenvalue weighted by atomic mass is 79.9. The van der Waals surface area contributed by atoms with Crippen molar-refractivity contribution in [3.63, 3.8) is 0 Å². The average Bonchev–Trinajstić information content (AvgIpc) is 2.80. The van der Waals surface area contributed by atoms with Crippen LogP contribution in [0.4, 0.5) is 0 Å². The lowest BCUT2D eigenvalue weighted by Crippen LogP contribution is -2.55. The number of amides is 2. The molecule has 3 aromatic rings. The van der Waals surface area contributed by atoms with Crippen molar-refractivity contribution in [2.45, 2.75) is 45.3 Å². The van der Waals surface area contributed by atoms with Crippen molar-refractivity contribution in [3.05, 3.63) is 99.5 Å². The first-order chi connectivity index (χ1) is 16.6. The summed E-state index contributed by atoms with van der Waals surface area (Å²) in [5.41, 5.74) is 1.33. The van der Waals surface area contributed by atoms with Crippen LogP contribution in [0.2, 0.25) is 5.02 Å². The van der Waals surface area contributed by atoms with Gasteiger partial charge in [-0.2, -0.15) is 0 Å². The average molecular weight is 558 g/mol.